The minimum atomic E-state index is -0.0806. The van der Waals surface area contributed by atoms with Gasteiger partial charge >= 0.3 is 0 Å². The Balaban J connectivity index is 2.88. The minimum absolute atomic E-state index is 0.0806. The van der Waals surface area contributed by atoms with Crippen molar-refractivity contribution in [2.45, 2.75) is 0 Å². The molecule has 6 nitrogen and oxygen atoms in total. The summed E-state index contributed by atoms with van der Waals surface area (Å²) in [5, 5.41) is 11.6. The highest BCUT2D eigenvalue weighted by molar-refractivity contribution is 5.76. The summed E-state index contributed by atoms with van der Waals surface area (Å²) in [4.78, 5) is 3.72. The molecule has 0 unspecified atom stereocenters. The van der Waals surface area contributed by atoms with Crippen LogP contribution in [0.2, 0.25) is 0 Å². The van der Waals surface area contributed by atoms with Crippen molar-refractivity contribution in [3.05, 3.63) is 6.20 Å². The van der Waals surface area contributed by atoms with Gasteiger partial charge in [-0.3, -0.25) is 5.10 Å². The van der Waals surface area contributed by atoms with Crippen LogP contribution in [0.15, 0.2) is 6.20 Å². The highest BCUT2D eigenvalue weighted by Gasteiger charge is 2.08. The van der Waals surface area contributed by atoms with Crippen molar-refractivity contribution < 1.29 is 5.11 Å². The maximum absolute atomic E-state index is 8.91. The van der Waals surface area contributed by atoms with Crippen LogP contribution in [0.5, 0.6) is 5.88 Å². The van der Waals surface area contributed by atoms with E-state index in [4.69, 9.17) is 16.6 Å². The van der Waals surface area contributed by atoms with E-state index in [0.717, 1.165) is 0 Å². The van der Waals surface area contributed by atoms with Crippen molar-refractivity contribution >= 4 is 17.2 Å². The fraction of sp³-hybridized carbons (Fsp3) is 0. The molecule has 6 heteroatoms. The molecule has 2 aromatic rings. The minimum Gasteiger partial charge on any atom is -0.492 e. The molecule has 0 aliphatic rings. The van der Waals surface area contributed by atoms with Gasteiger partial charge < -0.3 is 16.6 Å². The lowest BCUT2D eigenvalue weighted by molar-refractivity contribution is 0.456. The van der Waals surface area contributed by atoms with E-state index in [1.807, 2.05) is 0 Å². The number of aromatic hydroxyl groups is 1. The van der Waals surface area contributed by atoms with Crippen LogP contribution in [0.3, 0.4) is 0 Å². The molecular formula is C5H7N5O. The SMILES string of the molecule is Nc1[nH]n2cc(O)nc2c1N. The van der Waals surface area contributed by atoms with E-state index in [2.05, 4.69) is 10.1 Å². The normalized spacial score (nSPS) is 10.9. The Morgan fingerprint density at radius 2 is 2.27 bits per heavy atom. The van der Waals surface area contributed by atoms with Crippen molar-refractivity contribution in [1.29, 1.82) is 0 Å². The van der Waals surface area contributed by atoms with Crippen LogP contribution < -0.4 is 11.5 Å². The second kappa shape index (κ2) is 1.60. The summed E-state index contributed by atoms with van der Waals surface area (Å²) in [5.41, 5.74) is 11.7. The van der Waals surface area contributed by atoms with Crippen LogP contribution >= 0.6 is 0 Å². The summed E-state index contributed by atoms with van der Waals surface area (Å²) < 4.78 is 1.46. The largest absolute Gasteiger partial charge is 0.492 e. The number of rotatable bonds is 0. The van der Waals surface area contributed by atoms with Gasteiger partial charge in [-0.15, -0.1) is 0 Å². The van der Waals surface area contributed by atoms with Crippen LogP contribution in [0, 0.1) is 0 Å². The van der Waals surface area contributed by atoms with Crippen molar-refractivity contribution in [3.63, 3.8) is 0 Å². The molecule has 0 atom stereocenters. The Hall–Kier alpha value is -1.85. The lowest BCUT2D eigenvalue weighted by Gasteiger charge is -1.84. The third-order valence-corrected chi connectivity index (χ3v) is 1.47. The number of nitrogens with zero attached hydrogens (tertiary/aromatic N) is 2. The predicted molar refractivity (Wildman–Crippen MR) is 40.0 cm³/mol. The molecule has 11 heavy (non-hydrogen) atoms. The third kappa shape index (κ3) is 0.628. The van der Waals surface area contributed by atoms with Gasteiger partial charge in [0.25, 0.3) is 0 Å². The van der Waals surface area contributed by atoms with Crippen molar-refractivity contribution in [3.8, 4) is 5.88 Å². The lowest BCUT2D eigenvalue weighted by Crippen LogP contribution is -1.91. The van der Waals surface area contributed by atoms with Crippen LogP contribution in [0.25, 0.3) is 5.65 Å². The highest BCUT2D eigenvalue weighted by atomic mass is 16.3. The first kappa shape index (κ1) is 5.90. The number of imidazole rings is 1. The fourth-order valence-corrected chi connectivity index (χ4v) is 0.954. The standard InChI is InChI=1S/C5H7N5O/c6-3-4(7)9-10-1-2(11)8-5(3)10/h1,9,11H,6-7H2. The number of hydrogen-bond donors (Lipinski definition) is 4. The summed E-state index contributed by atoms with van der Waals surface area (Å²) >= 11 is 0. The highest BCUT2D eigenvalue weighted by Crippen LogP contribution is 2.21. The molecular weight excluding hydrogens is 146 g/mol. The Morgan fingerprint density at radius 1 is 1.55 bits per heavy atom. The number of anilines is 2. The molecule has 0 spiro atoms. The van der Waals surface area contributed by atoms with Crippen LogP contribution in [-0.4, -0.2) is 19.7 Å². The summed E-state index contributed by atoms with van der Waals surface area (Å²) in [6, 6.07) is 0. The quantitative estimate of drug-likeness (QED) is 0.410. The average molecular weight is 153 g/mol. The molecule has 58 valence electrons. The number of nitrogen functional groups attached to an aromatic ring is 2. The van der Waals surface area contributed by atoms with Gasteiger partial charge in [0, 0.05) is 0 Å². The van der Waals surface area contributed by atoms with Gasteiger partial charge in [-0.1, -0.05) is 0 Å². The van der Waals surface area contributed by atoms with Crippen LogP contribution in [0.1, 0.15) is 0 Å². The molecule has 0 bridgehead atoms. The van der Waals surface area contributed by atoms with Gasteiger partial charge in [-0.25, -0.2) is 4.52 Å². The summed E-state index contributed by atoms with van der Waals surface area (Å²) in [7, 11) is 0. The second-order valence-electron chi connectivity index (χ2n) is 2.23. The van der Waals surface area contributed by atoms with E-state index >= 15 is 0 Å². The van der Waals surface area contributed by atoms with Gasteiger partial charge in [0.05, 0.1) is 6.20 Å². The molecule has 0 aliphatic carbocycles. The third-order valence-electron chi connectivity index (χ3n) is 1.47. The summed E-state index contributed by atoms with van der Waals surface area (Å²) in [6.07, 6.45) is 1.39. The lowest BCUT2D eigenvalue weighted by atomic mass is 10.5. The van der Waals surface area contributed by atoms with E-state index in [1.54, 1.807) is 0 Å². The predicted octanol–water partition coefficient (Wildman–Crippen LogP) is -0.468. The average Bonchev–Trinajstić information content (AvgIpc) is 2.37. The van der Waals surface area contributed by atoms with Crippen molar-refractivity contribution in [2.75, 3.05) is 11.5 Å². The molecule has 0 radical (unpaired) electrons. The number of hydrogen-bond acceptors (Lipinski definition) is 4. The first-order valence-electron chi connectivity index (χ1n) is 2.99. The van der Waals surface area contributed by atoms with Gasteiger partial charge in [-0.2, -0.15) is 4.98 Å². The number of aromatic nitrogens is 3. The van der Waals surface area contributed by atoms with E-state index in [9.17, 15) is 0 Å². The summed E-state index contributed by atoms with van der Waals surface area (Å²) in [6.45, 7) is 0. The first-order chi connectivity index (χ1) is 5.18. The molecule has 0 amide bonds. The number of nitrogens with one attached hydrogen (secondary N) is 1. The molecule has 0 saturated carbocycles. The zero-order chi connectivity index (χ0) is 8.01. The molecule has 0 aromatic carbocycles. The maximum atomic E-state index is 8.91. The monoisotopic (exact) mass is 153 g/mol. The molecule has 0 fully saturated rings. The Bertz CT molecular complexity index is 400. The fourth-order valence-electron chi connectivity index (χ4n) is 0.954. The number of fused-ring (bicyclic) bond motifs is 1. The zero-order valence-corrected chi connectivity index (χ0v) is 5.57. The van der Waals surface area contributed by atoms with Crippen LogP contribution in [-0.2, 0) is 0 Å². The second-order valence-corrected chi connectivity index (χ2v) is 2.23. The first-order valence-corrected chi connectivity index (χ1v) is 2.99. The Kier molecular flexibility index (Phi) is 0.857. The van der Waals surface area contributed by atoms with E-state index in [1.165, 1.54) is 10.7 Å². The molecule has 2 aromatic heterocycles. The summed E-state index contributed by atoms with van der Waals surface area (Å²) in [5.74, 6) is 0.274. The number of nitrogens with two attached hydrogens (primary N) is 2. The van der Waals surface area contributed by atoms with Crippen LogP contribution in [0.4, 0.5) is 11.5 Å². The zero-order valence-electron chi connectivity index (χ0n) is 5.57. The van der Waals surface area contributed by atoms with Gasteiger partial charge in [-0.05, 0) is 0 Å². The topological polar surface area (TPSA) is 105 Å². The van der Waals surface area contributed by atoms with Gasteiger partial charge in [0.1, 0.15) is 11.5 Å². The van der Waals surface area contributed by atoms with E-state index in [-0.39, 0.29) is 5.88 Å². The van der Waals surface area contributed by atoms with E-state index in [0.29, 0.717) is 17.2 Å². The van der Waals surface area contributed by atoms with Crippen molar-refractivity contribution in [1.82, 2.24) is 14.6 Å². The Labute approximate surface area is 61.4 Å². The molecule has 2 heterocycles. The Morgan fingerprint density at radius 3 is 2.91 bits per heavy atom. The maximum Gasteiger partial charge on any atom is 0.231 e. The molecule has 0 saturated heterocycles. The molecule has 0 aliphatic heterocycles. The van der Waals surface area contributed by atoms with Gasteiger partial charge in [0.2, 0.25) is 5.88 Å². The molecule has 2 rings (SSSR count). The van der Waals surface area contributed by atoms with Crippen molar-refractivity contribution in [2.24, 2.45) is 0 Å². The molecule has 6 N–H and O–H groups in total. The smallest absolute Gasteiger partial charge is 0.231 e. The number of aromatic amines is 1. The van der Waals surface area contributed by atoms with Gasteiger partial charge in [0.15, 0.2) is 5.65 Å². The van der Waals surface area contributed by atoms with E-state index < -0.39 is 0 Å². The number of H-pyrrole nitrogens is 1.